The van der Waals surface area contributed by atoms with E-state index in [1.54, 1.807) is 6.92 Å². The molecule has 1 amide bonds. The Balaban J connectivity index is 1.75. The Kier molecular flexibility index (Phi) is 3.69. The Hall–Kier alpha value is -2.59. The van der Waals surface area contributed by atoms with Gasteiger partial charge in [-0.25, -0.2) is 0 Å². The monoisotopic (exact) mass is 295 g/mol. The van der Waals surface area contributed by atoms with Crippen molar-refractivity contribution < 1.29 is 14.3 Å². The van der Waals surface area contributed by atoms with Crippen molar-refractivity contribution >= 4 is 16.9 Å². The number of fused-ring (bicyclic) bond motifs is 1. The Morgan fingerprint density at radius 1 is 1.14 bits per heavy atom. The number of hydrogen-bond acceptors (Lipinski definition) is 3. The van der Waals surface area contributed by atoms with Crippen LogP contribution in [0.5, 0.6) is 0 Å². The van der Waals surface area contributed by atoms with Crippen molar-refractivity contribution in [3.05, 3.63) is 72.0 Å². The summed E-state index contributed by atoms with van der Waals surface area (Å²) < 4.78 is 5.36. The highest BCUT2D eigenvalue weighted by Gasteiger charge is 2.24. The fraction of sp³-hybridized carbons (Fsp3) is 0.167. The molecule has 0 radical (unpaired) electrons. The van der Waals surface area contributed by atoms with Crippen LogP contribution >= 0.6 is 0 Å². The van der Waals surface area contributed by atoms with E-state index in [4.69, 9.17) is 4.42 Å². The molecule has 4 nitrogen and oxygen atoms in total. The van der Waals surface area contributed by atoms with Crippen LogP contribution in [0.2, 0.25) is 0 Å². The van der Waals surface area contributed by atoms with E-state index in [2.05, 4.69) is 5.32 Å². The summed E-state index contributed by atoms with van der Waals surface area (Å²) in [6.45, 7) is 1.80. The number of furan rings is 1. The third kappa shape index (κ3) is 2.73. The van der Waals surface area contributed by atoms with Crippen LogP contribution in [0.4, 0.5) is 0 Å². The second-order valence-electron chi connectivity index (χ2n) is 5.47. The summed E-state index contributed by atoms with van der Waals surface area (Å²) in [5.74, 6) is -0.263. The quantitative estimate of drug-likeness (QED) is 0.777. The van der Waals surface area contributed by atoms with Crippen molar-refractivity contribution in [3.8, 4) is 0 Å². The van der Waals surface area contributed by atoms with Crippen LogP contribution in [0.1, 0.15) is 22.8 Å². The van der Waals surface area contributed by atoms with E-state index < -0.39 is 5.60 Å². The topological polar surface area (TPSA) is 62.5 Å². The highest BCUT2D eigenvalue weighted by atomic mass is 16.3. The van der Waals surface area contributed by atoms with Crippen molar-refractivity contribution in [1.29, 1.82) is 0 Å². The maximum absolute atomic E-state index is 12.3. The van der Waals surface area contributed by atoms with Crippen molar-refractivity contribution in [1.82, 2.24) is 5.32 Å². The van der Waals surface area contributed by atoms with E-state index in [9.17, 15) is 9.90 Å². The molecular formula is C18H17NO3. The van der Waals surface area contributed by atoms with Gasteiger partial charge in [-0.1, -0.05) is 48.5 Å². The summed E-state index contributed by atoms with van der Waals surface area (Å²) in [7, 11) is 0. The molecule has 1 aromatic heterocycles. The van der Waals surface area contributed by atoms with E-state index >= 15 is 0 Å². The zero-order valence-corrected chi connectivity index (χ0v) is 12.2. The molecule has 0 aliphatic heterocycles. The minimum Gasteiger partial charge on any atom is -0.463 e. The molecule has 22 heavy (non-hydrogen) atoms. The van der Waals surface area contributed by atoms with Crippen LogP contribution < -0.4 is 5.32 Å². The van der Waals surface area contributed by atoms with Crippen molar-refractivity contribution in [2.75, 3.05) is 6.54 Å². The highest BCUT2D eigenvalue weighted by Crippen LogP contribution is 2.22. The average Bonchev–Trinajstić information content (AvgIpc) is 2.98. The molecule has 0 saturated heterocycles. The Bertz CT molecular complexity index is 790. The lowest BCUT2D eigenvalue weighted by molar-refractivity contribution is 0.0526. The maximum atomic E-state index is 12.3. The standard InChI is InChI=1S/C18H17NO3/c1-18(21,13-7-3-2-4-8-13)12-19-17(20)15-11-22-16-10-6-5-9-14(15)16/h2-11,21H,12H2,1H3,(H,19,20). The molecule has 0 fully saturated rings. The van der Waals surface area contributed by atoms with Crippen molar-refractivity contribution in [2.45, 2.75) is 12.5 Å². The van der Waals surface area contributed by atoms with Crippen molar-refractivity contribution in [3.63, 3.8) is 0 Å². The summed E-state index contributed by atoms with van der Waals surface area (Å²) >= 11 is 0. The summed E-state index contributed by atoms with van der Waals surface area (Å²) in [6, 6.07) is 16.6. The fourth-order valence-electron chi connectivity index (χ4n) is 2.40. The molecule has 0 saturated carbocycles. The fourth-order valence-corrected chi connectivity index (χ4v) is 2.40. The van der Waals surface area contributed by atoms with Gasteiger partial charge in [-0.3, -0.25) is 4.79 Å². The van der Waals surface area contributed by atoms with E-state index in [1.165, 1.54) is 6.26 Å². The molecule has 0 aliphatic carbocycles. The molecule has 2 aromatic carbocycles. The van der Waals surface area contributed by atoms with Crippen LogP contribution in [-0.2, 0) is 5.60 Å². The molecule has 3 aromatic rings. The van der Waals surface area contributed by atoms with Gasteiger partial charge in [-0.05, 0) is 18.6 Å². The number of hydrogen-bond donors (Lipinski definition) is 2. The van der Waals surface area contributed by atoms with Gasteiger partial charge in [0.1, 0.15) is 17.4 Å². The number of carbonyl (C=O) groups is 1. The Labute approximate surface area is 128 Å². The summed E-state index contributed by atoms with van der Waals surface area (Å²) in [4.78, 5) is 12.3. The third-order valence-electron chi connectivity index (χ3n) is 3.71. The highest BCUT2D eigenvalue weighted by molar-refractivity contribution is 6.05. The van der Waals surface area contributed by atoms with Gasteiger partial charge in [0.25, 0.3) is 5.91 Å². The predicted molar refractivity (Wildman–Crippen MR) is 84.6 cm³/mol. The number of carbonyl (C=O) groups excluding carboxylic acids is 1. The normalized spacial score (nSPS) is 13.7. The molecule has 0 aliphatic rings. The molecule has 0 bridgehead atoms. The molecule has 4 heteroatoms. The summed E-state index contributed by atoms with van der Waals surface area (Å²) in [5.41, 5.74) is 0.769. The van der Waals surface area contributed by atoms with Crippen LogP contribution in [0.25, 0.3) is 11.0 Å². The summed E-state index contributed by atoms with van der Waals surface area (Å²) in [6.07, 6.45) is 1.44. The number of rotatable bonds is 4. The molecule has 0 spiro atoms. The first-order chi connectivity index (χ1) is 10.6. The first kappa shape index (κ1) is 14.4. The average molecular weight is 295 g/mol. The zero-order chi connectivity index (χ0) is 15.6. The predicted octanol–water partition coefficient (Wildman–Crippen LogP) is 3.07. The Morgan fingerprint density at radius 2 is 1.82 bits per heavy atom. The molecule has 1 atom stereocenters. The van der Waals surface area contributed by atoms with Crippen LogP contribution in [-0.4, -0.2) is 17.6 Å². The second-order valence-corrected chi connectivity index (χ2v) is 5.47. The summed E-state index contributed by atoms with van der Waals surface area (Å²) in [5, 5.41) is 14.0. The third-order valence-corrected chi connectivity index (χ3v) is 3.71. The van der Waals surface area contributed by atoms with Gasteiger partial charge in [0.2, 0.25) is 0 Å². The van der Waals surface area contributed by atoms with Gasteiger partial charge in [-0.2, -0.15) is 0 Å². The minimum atomic E-state index is -1.13. The number of benzene rings is 2. The van der Waals surface area contributed by atoms with Gasteiger partial charge in [0.15, 0.2) is 0 Å². The van der Waals surface area contributed by atoms with Crippen LogP contribution in [0.3, 0.4) is 0 Å². The number of para-hydroxylation sites is 1. The van der Waals surface area contributed by atoms with Crippen molar-refractivity contribution in [2.24, 2.45) is 0 Å². The molecular weight excluding hydrogens is 278 g/mol. The second kappa shape index (κ2) is 5.66. The van der Waals surface area contributed by atoms with Gasteiger partial charge in [0, 0.05) is 5.39 Å². The molecule has 1 heterocycles. The number of amides is 1. The van der Waals surface area contributed by atoms with E-state index in [-0.39, 0.29) is 12.5 Å². The van der Waals surface area contributed by atoms with E-state index in [0.717, 1.165) is 10.9 Å². The minimum absolute atomic E-state index is 0.120. The van der Waals surface area contributed by atoms with E-state index in [1.807, 2.05) is 54.6 Å². The lowest BCUT2D eigenvalue weighted by Gasteiger charge is -2.24. The van der Waals surface area contributed by atoms with E-state index in [0.29, 0.717) is 11.1 Å². The molecule has 112 valence electrons. The van der Waals surface area contributed by atoms with Crippen LogP contribution in [0.15, 0.2) is 65.3 Å². The largest absolute Gasteiger partial charge is 0.463 e. The lowest BCUT2D eigenvalue weighted by atomic mass is 9.96. The van der Waals surface area contributed by atoms with Gasteiger partial charge < -0.3 is 14.8 Å². The van der Waals surface area contributed by atoms with Gasteiger partial charge >= 0.3 is 0 Å². The van der Waals surface area contributed by atoms with Crippen LogP contribution in [0, 0.1) is 0 Å². The molecule has 1 unspecified atom stereocenters. The first-order valence-corrected chi connectivity index (χ1v) is 7.10. The Morgan fingerprint density at radius 3 is 2.59 bits per heavy atom. The number of nitrogens with one attached hydrogen (secondary N) is 1. The zero-order valence-electron chi connectivity index (χ0n) is 12.2. The molecule has 2 N–H and O–H groups in total. The SMILES string of the molecule is CC(O)(CNC(=O)c1coc2ccccc12)c1ccccc1. The smallest absolute Gasteiger partial charge is 0.255 e. The maximum Gasteiger partial charge on any atom is 0.255 e. The number of aliphatic hydroxyl groups is 1. The first-order valence-electron chi connectivity index (χ1n) is 7.10. The molecule has 3 rings (SSSR count). The lowest BCUT2D eigenvalue weighted by Crippen LogP contribution is -2.38. The van der Waals surface area contributed by atoms with Gasteiger partial charge in [0.05, 0.1) is 12.1 Å². The van der Waals surface area contributed by atoms with Gasteiger partial charge in [-0.15, -0.1) is 0 Å².